The Morgan fingerprint density at radius 3 is 2.44 bits per heavy atom. The fourth-order valence-electron chi connectivity index (χ4n) is 9.79. The molecule has 4 fully saturated rings. The van der Waals surface area contributed by atoms with E-state index in [1.165, 1.54) is 24.3 Å². The van der Waals surface area contributed by atoms with E-state index in [9.17, 15) is 5.11 Å². The molecule has 2 atom stereocenters. The van der Waals surface area contributed by atoms with Crippen molar-refractivity contribution < 1.29 is 23.4 Å². The molecule has 0 amide bonds. The lowest BCUT2D eigenvalue weighted by atomic mass is 9.79. The lowest BCUT2D eigenvalue weighted by Crippen LogP contribution is -2.59. The summed E-state index contributed by atoms with van der Waals surface area (Å²) in [6.45, 7) is 10.2. The van der Waals surface area contributed by atoms with Crippen LogP contribution in [0.4, 0.5) is 14.6 Å². The SMILES string of the molecule is C#Cc1c(F)ccc2cc(O)cc(-c3c(F)c4nc(OCC5(CN(CC)CC)CC5)nc(N5[C@@H]6CC[C@H]5CN(C5CC(COC)C5)C6)c4c4cn(C)nc34)c12. The second kappa shape index (κ2) is 13.9. The van der Waals surface area contributed by atoms with Gasteiger partial charge in [-0.05, 0) is 86.7 Å². The van der Waals surface area contributed by atoms with E-state index in [1.807, 2.05) is 6.20 Å². The molecular formula is C43H49F2N7O3. The highest BCUT2D eigenvalue weighted by Crippen LogP contribution is 2.49. The minimum Gasteiger partial charge on any atom is -0.508 e. The van der Waals surface area contributed by atoms with Gasteiger partial charge in [0.15, 0.2) is 5.82 Å². The number of anilines is 1. The van der Waals surface area contributed by atoms with E-state index in [0.717, 1.165) is 77.9 Å². The maximum Gasteiger partial charge on any atom is 0.319 e. The third-order valence-corrected chi connectivity index (χ3v) is 12.9. The number of ether oxygens (including phenoxy) is 2. The lowest BCUT2D eigenvalue weighted by molar-refractivity contribution is 0.0199. The molecular weight excluding hydrogens is 701 g/mol. The number of benzene rings is 3. The topological polar surface area (TPSA) is 92.0 Å². The molecule has 2 aliphatic heterocycles. The molecule has 0 spiro atoms. The standard InChI is InChI=1S/C43H49F2N7O3/c1-6-31-34(44)12-9-26-17-30(53)18-32(35(26)31)36-38(45)40-37(33-21-49(4)48-39(33)36)41(47-42(46-40)55-24-43(13-14-43)23-50(7-2)8-3)52-27-10-11-28(52)20-51(19-27)29-15-25(16-29)22-54-5/h1,9,12,17-18,21,25,27-29,53H,7-8,10-11,13-16,19-20,22-24H2,2-5H3/t25?,27-,28+,29?. The second-order valence-electron chi connectivity index (χ2n) is 16.4. The summed E-state index contributed by atoms with van der Waals surface area (Å²) >= 11 is 0. The van der Waals surface area contributed by atoms with Crippen molar-refractivity contribution in [1.82, 2.24) is 29.5 Å². The highest BCUT2D eigenvalue weighted by molar-refractivity contribution is 6.18. The molecule has 2 saturated carbocycles. The van der Waals surface area contributed by atoms with E-state index in [4.69, 9.17) is 31.0 Å². The van der Waals surface area contributed by atoms with Gasteiger partial charge >= 0.3 is 6.01 Å². The molecule has 2 saturated heterocycles. The number of aromatic hydroxyl groups is 1. The maximum absolute atomic E-state index is 17.8. The quantitative estimate of drug-likeness (QED) is 0.137. The first-order chi connectivity index (χ1) is 26.6. The molecule has 12 heteroatoms. The number of aryl methyl sites for hydroxylation is 1. The number of hydrogen-bond acceptors (Lipinski definition) is 9. The van der Waals surface area contributed by atoms with Crippen molar-refractivity contribution in [2.75, 3.05) is 57.9 Å². The summed E-state index contributed by atoms with van der Waals surface area (Å²) in [6.07, 6.45) is 14.2. The van der Waals surface area contributed by atoms with Gasteiger partial charge in [-0.15, -0.1) is 6.42 Å². The van der Waals surface area contributed by atoms with E-state index in [-0.39, 0.29) is 51.5 Å². The summed E-state index contributed by atoms with van der Waals surface area (Å²) in [5, 5.41) is 17.8. The Morgan fingerprint density at radius 2 is 1.76 bits per heavy atom. The van der Waals surface area contributed by atoms with Crippen molar-refractivity contribution >= 4 is 38.4 Å². The zero-order valence-electron chi connectivity index (χ0n) is 32.1. The van der Waals surface area contributed by atoms with E-state index in [1.54, 1.807) is 18.8 Å². The van der Waals surface area contributed by atoms with E-state index < -0.39 is 11.6 Å². The monoisotopic (exact) mass is 749 g/mol. The van der Waals surface area contributed by atoms with Crippen LogP contribution in [0.25, 0.3) is 43.7 Å². The highest BCUT2D eigenvalue weighted by atomic mass is 19.1. The summed E-state index contributed by atoms with van der Waals surface area (Å²) in [4.78, 5) is 17.5. The molecule has 55 heavy (non-hydrogen) atoms. The van der Waals surface area contributed by atoms with Crippen LogP contribution in [0.3, 0.4) is 0 Å². The molecule has 4 aliphatic rings. The Bertz CT molecular complexity index is 2330. The molecule has 2 bridgehead atoms. The number of hydrogen-bond donors (Lipinski definition) is 1. The third kappa shape index (κ3) is 6.15. The van der Waals surface area contributed by atoms with Crippen LogP contribution in [0.15, 0.2) is 30.5 Å². The van der Waals surface area contributed by atoms with Gasteiger partial charge in [0, 0.05) is 86.5 Å². The van der Waals surface area contributed by atoms with Gasteiger partial charge < -0.3 is 24.4 Å². The summed E-state index contributed by atoms with van der Waals surface area (Å²) in [5.41, 5.74) is 0.774. The number of rotatable bonds is 12. The fourth-order valence-corrected chi connectivity index (χ4v) is 9.79. The van der Waals surface area contributed by atoms with Gasteiger partial charge in [0.05, 0.1) is 17.6 Å². The highest BCUT2D eigenvalue weighted by Gasteiger charge is 2.47. The Labute approximate surface area is 320 Å². The van der Waals surface area contributed by atoms with Crippen molar-refractivity contribution in [3.05, 3.63) is 47.7 Å². The second-order valence-corrected chi connectivity index (χ2v) is 16.4. The average molecular weight is 750 g/mol. The van der Waals surface area contributed by atoms with Gasteiger partial charge in [-0.1, -0.05) is 25.8 Å². The van der Waals surface area contributed by atoms with Crippen LogP contribution in [0, 0.1) is 35.3 Å². The van der Waals surface area contributed by atoms with Crippen molar-refractivity contribution in [2.24, 2.45) is 18.4 Å². The van der Waals surface area contributed by atoms with Gasteiger partial charge in [-0.2, -0.15) is 15.1 Å². The molecule has 0 unspecified atom stereocenters. The van der Waals surface area contributed by atoms with Crippen LogP contribution in [0.2, 0.25) is 0 Å². The first kappa shape index (κ1) is 36.1. The number of nitrogens with zero attached hydrogens (tertiary/aromatic N) is 7. The van der Waals surface area contributed by atoms with Gasteiger partial charge in [0.25, 0.3) is 0 Å². The number of halogens is 2. The largest absolute Gasteiger partial charge is 0.508 e. The van der Waals surface area contributed by atoms with Crippen LogP contribution in [0.1, 0.15) is 57.9 Å². The molecule has 0 radical (unpaired) electrons. The van der Waals surface area contributed by atoms with Crippen molar-refractivity contribution in [3.63, 3.8) is 0 Å². The average Bonchev–Trinajstić information content (AvgIpc) is 3.74. The zero-order valence-corrected chi connectivity index (χ0v) is 32.1. The van der Waals surface area contributed by atoms with E-state index in [0.29, 0.717) is 51.4 Å². The predicted octanol–water partition coefficient (Wildman–Crippen LogP) is 6.88. The smallest absolute Gasteiger partial charge is 0.319 e. The molecule has 10 nitrogen and oxygen atoms in total. The Kier molecular flexibility index (Phi) is 9.10. The number of fused-ring (bicyclic) bond motifs is 6. The molecule has 9 rings (SSSR count). The predicted molar refractivity (Wildman–Crippen MR) is 210 cm³/mol. The van der Waals surface area contributed by atoms with E-state index in [2.05, 4.69) is 34.5 Å². The van der Waals surface area contributed by atoms with Gasteiger partial charge in [0.2, 0.25) is 0 Å². The number of phenols is 1. The minimum atomic E-state index is -0.650. The molecule has 288 valence electrons. The van der Waals surface area contributed by atoms with Gasteiger partial charge in [0.1, 0.15) is 28.4 Å². The fraction of sp³-hybridized carbons (Fsp3) is 0.512. The maximum atomic E-state index is 17.8. The van der Waals surface area contributed by atoms with Gasteiger partial charge in [-0.3, -0.25) is 9.58 Å². The molecule has 5 aromatic rings. The Hall–Kier alpha value is -4.57. The Morgan fingerprint density at radius 1 is 1.02 bits per heavy atom. The summed E-state index contributed by atoms with van der Waals surface area (Å²) in [7, 11) is 3.57. The molecule has 2 aliphatic carbocycles. The van der Waals surface area contributed by atoms with Crippen molar-refractivity contribution in [1.29, 1.82) is 0 Å². The Balaban J connectivity index is 1.21. The van der Waals surface area contributed by atoms with Gasteiger partial charge in [-0.25, -0.2) is 8.78 Å². The van der Waals surface area contributed by atoms with Crippen LogP contribution in [0.5, 0.6) is 11.8 Å². The molecule has 4 heterocycles. The summed E-state index contributed by atoms with van der Waals surface area (Å²) in [5.74, 6) is 2.38. The number of likely N-dealkylation sites (tertiary alicyclic amines) is 1. The summed E-state index contributed by atoms with van der Waals surface area (Å²) < 4.78 is 46.7. The summed E-state index contributed by atoms with van der Waals surface area (Å²) in [6, 6.07) is 6.81. The molecule has 1 N–H and O–H groups in total. The van der Waals surface area contributed by atoms with Crippen molar-refractivity contribution in [2.45, 2.75) is 70.5 Å². The molecule has 3 aromatic carbocycles. The van der Waals surface area contributed by atoms with Crippen LogP contribution in [-0.4, -0.2) is 106 Å². The number of piperazine rings is 1. The normalized spacial score (nSPS) is 23.2. The first-order valence-electron chi connectivity index (χ1n) is 19.8. The van der Waals surface area contributed by atoms with Crippen molar-refractivity contribution in [3.8, 4) is 35.2 Å². The van der Waals surface area contributed by atoms with E-state index >= 15 is 8.78 Å². The van der Waals surface area contributed by atoms with Crippen LogP contribution >= 0.6 is 0 Å². The number of terminal acetylenes is 1. The number of aromatic nitrogens is 4. The number of phenolic OH excluding ortho intramolecular Hbond substituents is 1. The molecule has 2 aromatic heterocycles. The lowest BCUT2D eigenvalue weighted by Gasteiger charge is -2.49. The third-order valence-electron chi connectivity index (χ3n) is 12.9. The van der Waals surface area contributed by atoms with Crippen LogP contribution in [-0.2, 0) is 11.8 Å². The minimum absolute atomic E-state index is 0.00574. The zero-order chi connectivity index (χ0) is 38.2. The first-order valence-corrected chi connectivity index (χ1v) is 19.8. The number of methoxy groups -OCH3 is 1. The van der Waals surface area contributed by atoms with Crippen LogP contribution < -0.4 is 9.64 Å².